The molecule has 0 unspecified atom stereocenters. The largest absolute Gasteiger partial charge is 0.297 e. The minimum atomic E-state index is -3.40. The summed E-state index contributed by atoms with van der Waals surface area (Å²) in [5.74, 6) is 0.0412. The molecule has 0 aliphatic carbocycles. The SMILES string of the molecule is C[C@@H]1CC[C@@H](C)N1CCS(=O)(=O)c1ccc([N+](=O)[O-])cc1. The molecule has 2 atom stereocenters. The van der Waals surface area contributed by atoms with Crippen LogP contribution >= 0.6 is 0 Å². The highest BCUT2D eigenvalue weighted by atomic mass is 32.2. The van der Waals surface area contributed by atoms with Crippen molar-refractivity contribution in [3.05, 3.63) is 34.4 Å². The van der Waals surface area contributed by atoms with Crippen molar-refractivity contribution in [1.82, 2.24) is 4.90 Å². The minimum Gasteiger partial charge on any atom is -0.297 e. The number of sulfone groups is 1. The van der Waals surface area contributed by atoms with E-state index < -0.39 is 14.8 Å². The number of non-ortho nitro benzene ring substituents is 1. The van der Waals surface area contributed by atoms with E-state index in [1.807, 2.05) is 0 Å². The summed E-state index contributed by atoms with van der Waals surface area (Å²) in [7, 11) is -3.40. The Morgan fingerprint density at radius 1 is 1.19 bits per heavy atom. The first kappa shape index (κ1) is 15.9. The third kappa shape index (κ3) is 3.59. The number of hydrogen-bond acceptors (Lipinski definition) is 5. The maximum absolute atomic E-state index is 12.3. The molecule has 0 amide bonds. The Labute approximate surface area is 124 Å². The van der Waals surface area contributed by atoms with E-state index in [0.717, 1.165) is 12.8 Å². The topological polar surface area (TPSA) is 80.5 Å². The van der Waals surface area contributed by atoms with Gasteiger partial charge in [-0.3, -0.25) is 15.0 Å². The maximum atomic E-state index is 12.3. The zero-order valence-electron chi connectivity index (χ0n) is 12.2. The summed E-state index contributed by atoms with van der Waals surface area (Å²) < 4.78 is 24.6. The average Bonchev–Trinajstić information content (AvgIpc) is 2.76. The molecule has 1 aromatic carbocycles. The van der Waals surface area contributed by atoms with Gasteiger partial charge in [-0.2, -0.15) is 0 Å². The molecule has 0 aromatic heterocycles. The summed E-state index contributed by atoms with van der Waals surface area (Å²) in [5.41, 5.74) is -0.101. The Kier molecular flexibility index (Phi) is 4.63. The van der Waals surface area contributed by atoms with E-state index in [9.17, 15) is 18.5 Å². The molecule has 0 saturated carbocycles. The Morgan fingerprint density at radius 3 is 2.19 bits per heavy atom. The maximum Gasteiger partial charge on any atom is 0.269 e. The summed E-state index contributed by atoms with van der Waals surface area (Å²) in [6, 6.07) is 5.90. The normalized spacial score (nSPS) is 23.3. The first-order chi connectivity index (χ1) is 9.81. The third-order valence-electron chi connectivity index (χ3n) is 4.16. The Balaban J connectivity index is 2.06. The second-order valence-corrected chi connectivity index (χ2v) is 7.69. The average molecular weight is 312 g/mol. The van der Waals surface area contributed by atoms with E-state index in [-0.39, 0.29) is 16.3 Å². The van der Waals surface area contributed by atoms with Crippen LogP contribution < -0.4 is 0 Å². The van der Waals surface area contributed by atoms with Crippen LogP contribution in [0.15, 0.2) is 29.2 Å². The molecule has 1 saturated heterocycles. The predicted molar refractivity (Wildman–Crippen MR) is 80.0 cm³/mol. The fraction of sp³-hybridized carbons (Fsp3) is 0.571. The van der Waals surface area contributed by atoms with Gasteiger partial charge in [0.25, 0.3) is 5.69 Å². The molecule has 116 valence electrons. The van der Waals surface area contributed by atoms with Crippen LogP contribution in [0.5, 0.6) is 0 Å². The van der Waals surface area contributed by atoms with Gasteiger partial charge < -0.3 is 0 Å². The van der Waals surface area contributed by atoms with Crippen molar-refractivity contribution in [2.24, 2.45) is 0 Å². The van der Waals surface area contributed by atoms with E-state index >= 15 is 0 Å². The van der Waals surface area contributed by atoms with E-state index in [0.29, 0.717) is 18.6 Å². The Morgan fingerprint density at radius 2 is 1.71 bits per heavy atom. The first-order valence-electron chi connectivity index (χ1n) is 7.04. The summed E-state index contributed by atoms with van der Waals surface area (Å²) in [4.78, 5) is 12.4. The molecule has 1 aliphatic rings. The smallest absolute Gasteiger partial charge is 0.269 e. The molecular weight excluding hydrogens is 292 g/mol. The van der Waals surface area contributed by atoms with E-state index in [2.05, 4.69) is 18.7 Å². The molecule has 6 nitrogen and oxygen atoms in total. The lowest BCUT2D eigenvalue weighted by molar-refractivity contribution is -0.384. The summed E-state index contributed by atoms with van der Waals surface area (Å²) in [5, 5.41) is 10.6. The first-order valence-corrected chi connectivity index (χ1v) is 8.69. The van der Waals surface area contributed by atoms with Gasteiger partial charge in [0, 0.05) is 30.8 Å². The summed E-state index contributed by atoms with van der Waals surface area (Å²) in [6.45, 7) is 4.73. The van der Waals surface area contributed by atoms with Crippen molar-refractivity contribution in [2.45, 2.75) is 43.7 Å². The third-order valence-corrected chi connectivity index (χ3v) is 5.87. The minimum absolute atomic E-state index is 0.0412. The highest BCUT2D eigenvalue weighted by Crippen LogP contribution is 2.24. The fourth-order valence-corrected chi connectivity index (χ4v) is 4.05. The molecule has 0 radical (unpaired) electrons. The van der Waals surface area contributed by atoms with Gasteiger partial charge in [0.15, 0.2) is 9.84 Å². The van der Waals surface area contributed by atoms with Gasteiger partial charge in [0.2, 0.25) is 0 Å². The lowest BCUT2D eigenvalue weighted by Gasteiger charge is -2.25. The van der Waals surface area contributed by atoms with Gasteiger partial charge in [0.05, 0.1) is 15.6 Å². The van der Waals surface area contributed by atoms with Crippen LogP contribution in [0.4, 0.5) is 5.69 Å². The molecule has 21 heavy (non-hydrogen) atoms. The van der Waals surface area contributed by atoms with Crippen molar-refractivity contribution in [3.63, 3.8) is 0 Å². The lowest BCUT2D eigenvalue weighted by atomic mass is 10.2. The molecule has 0 N–H and O–H groups in total. The number of nitro benzene ring substituents is 1. The molecule has 7 heteroatoms. The molecule has 1 heterocycles. The lowest BCUT2D eigenvalue weighted by Crippen LogP contribution is -2.36. The van der Waals surface area contributed by atoms with Crippen LogP contribution in [0, 0.1) is 10.1 Å². The van der Waals surface area contributed by atoms with E-state index in [1.165, 1.54) is 24.3 Å². The molecule has 1 aromatic rings. The second kappa shape index (κ2) is 6.11. The van der Waals surface area contributed by atoms with Gasteiger partial charge in [-0.15, -0.1) is 0 Å². The second-order valence-electron chi connectivity index (χ2n) is 5.58. The highest BCUT2D eigenvalue weighted by molar-refractivity contribution is 7.91. The zero-order valence-corrected chi connectivity index (χ0v) is 13.0. The predicted octanol–water partition coefficient (Wildman–Crippen LogP) is 2.24. The number of rotatable bonds is 5. The number of hydrogen-bond donors (Lipinski definition) is 0. The number of likely N-dealkylation sites (tertiary alicyclic amines) is 1. The standard InChI is InChI=1S/C14H20N2O4S/c1-11-3-4-12(2)15(11)9-10-21(19,20)14-7-5-13(6-8-14)16(17)18/h5-8,11-12H,3-4,9-10H2,1-2H3/t11-,12-/m1/s1. The number of benzene rings is 1. The molecule has 2 rings (SSSR count). The van der Waals surface area contributed by atoms with Gasteiger partial charge in [0.1, 0.15) is 0 Å². The monoisotopic (exact) mass is 312 g/mol. The van der Waals surface area contributed by atoms with Crippen LogP contribution in [-0.4, -0.2) is 42.6 Å². The van der Waals surface area contributed by atoms with Crippen molar-refractivity contribution in [2.75, 3.05) is 12.3 Å². The van der Waals surface area contributed by atoms with Gasteiger partial charge in [-0.1, -0.05) is 0 Å². The quantitative estimate of drug-likeness (QED) is 0.615. The van der Waals surface area contributed by atoms with Crippen LogP contribution in [-0.2, 0) is 9.84 Å². The van der Waals surface area contributed by atoms with E-state index in [4.69, 9.17) is 0 Å². The Hall–Kier alpha value is -1.47. The number of nitrogens with zero attached hydrogens (tertiary/aromatic N) is 2. The van der Waals surface area contributed by atoms with Crippen molar-refractivity contribution in [3.8, 4) is 0 Å². The van der Waals surface area contributed by atoms with Crippen LogP contribution in [0.25, 0.3) is 0 Å². The van der Waals surface area contributed by atoms with Gasteiger partial charge >= 0.3 is 0 Å². The molecular formula is C14H20N2O4S. The van der Waals surface area contributed by atoms with Crippen LogP contribution in [0.2, 0.25) is 0 Å². The van der Waals surface area contributed by atoms with Crippen molar-refractivity contribution in [1.29, 1.82) is 0 Å². The zero-order chi connectivity index (χ0) is 15.6. The molecule has 1 aliphatic heterocycles. The van der Waals surface area contributed by atoms with Gasteiger partial charge in [-0.25, -0.2) is 8.42 Å². The fourth-order valence-electron chi connectivity index (χ4n) is 2.81. The van der Waals surface area contributed by atoms with Crippen molar-refractivity contribution < 1.29 is 13.3 Å². The van der Waals surface area contributed by atoms with Crippen molar-refractivity contribution >= 4 is 15.5 Å². The van der Waals surface area contributed by atoms with E-state index in [1.54, 1.807) is 0 Å². The summed E-state index contributed by atoms with van der Waals surface area (Å²) >= 11 is 0. The summed E-state index contributed by atoms with van der Waals surface area (Å²) in [6.07, 6.45) is 2.19. The molecule has 0 spiro atoms. The molecule has 0 bridgehead atoms. The van der Waals surface area contributed by atoms with Crippen LogP contribution in [0.1, 0.15) is 26.7 Å². The van der Waals surface area contributed by atoms with Crippen LogP contribution in [0.3, 0.4) is 0 Å². The molecule has 1 fully saturated rings. The Bertz CT molecular complexity index is 602. The number of nitro groups is 1. The van der Waals surface area contributed by atoms with Gasteiger partial charge in [-0.05, 0) is 38.8 Å². The highest BCUT2D eigenvalue weighted by Gasteiger charge is 2.28.